The van der Waals surface area contributed by atoms with Gasteiger partial charge in [0, 0.05) is 73.7 Å². The Morgan fingerprint density at radius 2 is 2.00 bits per heavy atom. The molecule has 2 aliphatic rings. The molecule has 46 heavy (non-hydrogen) atoms. The number of piperidine rings is 1. The summed E-state index contributed by atoms with van der Waals surface area (Å²) < 4.78 is 40.9. The number of thiophene rings is 1. The van der Waals surface area contributed by atoms with Gasteiger partial charge in [0.1, 0.15) is 28.7 Å². The van der Waals surface area contributed by atoms with Crippen molar-refractivity contribution in [3.05, 3.63) is 52.3 Å². The van der Waals surface area contributed by atoms with Gasteiger partial charge in [-0.25, -0.2) is 9.97 Å². The molecular formula is C32H38F3N9OS. The van der Waals surface area contributed by atoms with E-state index >= 15 is 0 Å². The van der Waals surface area contributed by atoms with E-state index in [1.807, 2.05) is 6.07 Å². The van der Waals surface area contributed by atoms with Crippen molar-refractivity contribution < 1.29 is 18.0 Å². The van der Waals surface area contributed by atoms with Crippen molar-refractivity contribution in [3.8, 4) is 6.07 Å². The number of nitrogens with one attached hydrogen (secondary N) is 2. The first-order valence-corrected chi connectivity index (χ1v) is 16.4. The van der Waals surface area contributed by atoms with Crippen molar-refractivity contribution in [2.45, 2.75) is 70.5 Å². The Labute approximate surface area is 269 Å². The highest BCUT2D eigenvalue weighted by atomic mass is 32.1. The average molecular weight is 654 g/mol. The number of aromatic nitrogens is 3. The van der Waals surface area contributed by atoms with E-state index in [1.54, 1.807) is 6.07 Å². The molecule has 2 saturated heterocycles. The molecule has 14 heteroatoms. The Morgan fingerprint density at radius 1 is 1.22 bits per heavy atom. The second-order valence-corrected chi connectivity index (χ2v) is 13.5. The van der Waals surface area contributed by atoms with E-state index in [0.717, 1.165) is 66.8 Å². The SMILES string of the molecule is Cc1c(CN2CCC(Nc3ncnc4sc(CC(F)(F)F)cc34)CC2)ccc2c1cc(C#N)n2CC(C)N1CCNC(C(N)=O)C1. The predicted molar refractivity (Wildman–Crippen MR) is 173 cm³/mol. The number of aryl methyl sites for hydroxylation is 1. The quantitative estimate of drug-likeness (QED) is 0.246. The van der Waals surface area contributed by atoms with Gasteiger partial charge in [0.2, 0.25) is 5.91 Å². The Bertz CT molecular complexity index is 1770. The number of carbonyl (C=O) groups is 1. The number of benzene rings is 1. The fourth-order valence-electron chi connectivity index (χ4n) is 6.70. The minimum absolute atomic E-state index is 0.113. The molecule has 0 aliphatic carbocycles. The fraction of sp³-hybridized carbons (Fsp3) is 0.500. The monoisotopic (exact) mass is 653 g/mol. The van der Waals surface area contributed by atoms with Crippen LogP contribution in [0.1, 0.15) is 41.5 Å². The van der Waals surface area contributed by atoms with Gasteiger partial charge in [0.25, 0.3) is 0 Å². The van der Waals surface area contributed by atoms with Crippen molar-refractivity contribution in [2.24, 2.45) is 5.73 Å². The number of piperazine rings is 1. The van der Waals surface area contributed by atoms with Crippen molar-refractivity contribution in [1.82, 2.24) is 29.7 Å². The molecule has 10 nitrogen and oxygen atoms in total. The smallest absolute Gasteiger partial charge is 0.368 e. The van der Waals surface area contributed by atoms with Crippen molar-refractivity contribution in [1.29, 1.82) is 5.26 Å². The van der Waals surface area contributed by atoms with Crippen LogP contribution in [0.5, 0.6) is 0 Å². The van der Waals surface area contributed by atoms with Gasteiger partial charge in [-0.15, -0.1) is 11.3 Å². The molecule has 2 fully saturated rings. The van der Waals surface area contributed by atoms with Gasteiger partial charge in [-0.3, -0.25) is 14.6 Å². The number of hydrogen-bond acceptors (Lipinski definition) is 9. The van der Waals surface area contributed by atoms with Crippen LogP contribution in [-0.4, -0.2) is 87.3 Å². The largest absolute Gasteiger partial charge is 0.393 e. The molecule has 0 radical (unpaired) electrons. The van der Waals surface area contributed by atoms with Crippen LogP contribution >= 0.6 is 11.3 Å². The Kier molecular flexibility index (Phi) is 9.20. The van der Waals surface area contributed by atoms with Crippen LogP contribution in [0.2, 0.25) is 0 Å². The molecule has 2 atom stereocenters. The van der Waals surface area contributed by atoms with Gasteiger partial charge >= 0.3 is 6.18 Å². The van der Waals surface area contributed by atoms with E-state index in [0.29, 0.717) is 41.4 Å². The van der Waals surface area contributed by atoms with Gasteiger partial charge in [-0.1, -0.05) is 6.07 Å². The number of hydrogen-bond donors (Lipinski definition) is 3. The third-order valence-corrected chi connectivity index (χ3v) is 10.3. The maximum absolute atomic E-state index is 12.9. The van der Waals surface area contributed by atoms with Gasteiger partial charge in [0.15, 0.2) is 0 Å². The lowest BCUT2D eigenvalue weighted by molar-refractivity contribution is -0.126. The number of carbonyl (C=O) groups excluding carboxylic acids is 1. The predicted octanol–water partition coefficient (Wildman–Crippen LogP) is 4.16. The number of fused-ring (bicyclic) bond motifs is 2. The number of alkyl halides is 3. The van der Waals surface area contributed by atoms with Crippen LogP contribution in [0.3, 0.4) is 0 Å². The van der Waals surface area contributed by atoms with E-state index in [4.69, 9.17) is 5.73 Å². The maximum Gasteiger partial charge on any atom is 0.393 e. The molecule has 2 unspecified atom stereocenters. The van der Waals surface area contributed by atoms with Crippen LogP contribution in [0.25, 0.3) is 21.1 Å². The van der Waals surface area contributed by atoms with Crippen LogP contribution in [-0.2, 0) is 24.3 Å². The standard InChI is InChI=1S/C32H38F3N9OS/c1-19(43-10-7-38-27(17-43)29(37)45)15-44-23(14-36)11-25-20(2)21(3-4-28(25)44)16-42-8-5-22(6-9-42)41-30-26-12-24(13-32(33,34)35)46-31(26)40-18-39-30/h3-4,11-12,18-19,22,27,38H,5-10,13,15-17H2,1-2H3,(H2,37,45)(H,39,40,41). The third-order valence-electron chi connectivity index (χ3n) is 9.28. The third kappa shape index (κ3) is 6.97. The molecule has 6 rings (SSSR count). The van der Waals surface area contributed by atoms with E-state index in [9.17, 15) is 23.2 Å². The molecule has 0 saturated carbocycles. The molecule has 1 amide bonds. The number of rotatable bonds is 9. The molecule has 244 valence electrons. The number of nitriles is 1. The summed E-state index contributed by atoms with van der Waals surface area (Å²) >= 11 is 1.06. The zero-order valence-corrected chi connectivity index (χ0v) is 26.7. The fourth-order valence-corrected chi connectivity index (χ4v) is 7.73. The summed E-state index contributed by atoms with van der Waals surface area (Å²) in [5.41, 5.74) is 9.56. The molecule has 1 aromatic carbocycles. The Balaban J connectivity index is 1.10. The lowest BCUT2D eigenvalue weighted by Crippen LogP contribution is -2.58. The number of likely N-dealkylation sites (tertiary alicyclic amines) is 1. The molecular weight excluding hydrogens is 615 g/mol. The minimum atomic E-state index is -4.26. The molecule has 0 bridgehead atoms. The van der Waals surface area contributed by atoms with E-state index in [1.165, 1.54) is 11.9 Å². The number of nitrogens with zero attached hydrogens (tertiary/aromatic N) is 6. The lowest BCUT2D eigenvalue weighted by atomic mass is 10.0. The highest BCUT2D eigenvalue weighted by Gasteiger charge is 2.30. The molecule has 3 aromatic heterocycles. The Hall–Kier alpha value is -3.77. The first-order chi connectivity index (χ1) is 22.0. The van der Waals surface area contributed by atoms with Crippen LogP contribution in [0.15, 0.2) is 30.6 Å². The van der Waals surface area contributed by atoms with Crippen LogP contribution < -0.4 is 16.4 Å². The van der Waals surface area contributed by atoms with E-state index in [-0.39, 0.29) is 28.9 Å². The van der Waals surface area contributed by atoms with Gasteiger partial charge in [-0.05, 0) is 56.0 Å². The highest BCUT2D eigenvalue weighted by Crippen LogP contribution is 2.33. The topological polar surface area (TPSA) is 128 Å². The molecule has 4 N–H and O–H groups in total. The summed E-state index contributed by atoms with van der Waals surface area (Å²) in [7, 11) is 0. The summed E-state index contributed by atoms with van der Waals surface area (Å²) in [4.78, 5) is 25.7. The summed E-state index contributed by atoms with van der Waals surface area (Å²) in [6, 6.07) is 10.1. The summed E-state index contributed by atoms with van der Waals surface area (Å²) in [6.07, 6.45) is -2.07. The minimum Gasteiger partial charge on any atom is -0.368 e. The van der Waals surface area contributed by atoms with Crippen molar-refractivity contribution in [3.63, 3.8) is 0 Å². The summed E-state index contributed by atoms with van der Waals surface area (Å²) in [6.45, 7) is 9.43. The zero-order valence-electron chi connectivity index (χ0n) is 25.9. The van der Waals surface area contributed by atoms with Gasteiger partial charge < -0.3 is 20.9 Å². The summed E-state index contributed by atoms with van der Waals surface area (Å²) in [5, 5.41) is 18.3. The normalized spacial score (nSPS) is 19.4. The molecule has 2 aliphatic heterocycles. The number of halogens is 3. The first kappa shape index (κ1) is 32.2. The number of primary amides is 1. The van der Waals surface area contributed by atoms with Crippen molar-refractivity contribution >= 4 is 44.2 Å². The number of amides is 1. The lowest BCUT2D eigenvalue weighted by Gasteiger charge is -2.36. The van der Waals surface area contributed by atoms with Crippen LogP contribution in [0.4, 0.5) is 19.0 Å². The zero-order chi connectivity index (χ0) is 32.6. The van der Waals surface area contributed by atoms with Crippen molar-refractivity contribution in [2.75, 3.05) is 38.0 Å². The molecule has 4 aromatic rings. The van der Waals surface area contributed by atoms with E-state index in [2.05, 4.69) is 67.0 Å². The molecule has 5 heterocycles. The maximum atomic E-state index is 12.9. The van der Waals surface area contributed by atoms with Gasteiger partial charge in [-0.2, -0.15) is 18.4 Å². The molecule has 0 spiro atoms. The van der Waals surface area contributed by atoms with Crippen LogP contribution in [0, 0.1) is 18.3 Å². The number of anilines is 1. The highest BCUT2D eigenvalue weighted by molar-refractivity contribution is 7.18. The van der Waals surface area contributed by atoms with E-state index < -0.39 is 12.6 Å². The number of nitrogens with two attached hydrogens (primary N) is 1. The second-order valence-electron chi connectivity index (χ2n) is 12.4. The second kappa shape index (κ2) is 13.2. The van der Waals surface area contributed by atoms with Gasteiger partial charge in [0.05, 0.1) is 17.8 Å². The summed E-state index contributed by atoms with van der Waals surface area (Å²) in [5.74, 6) is 0.239. The average Bonchev–Trinajstić information content (AvgIpc) is 3.60. The first-order valence-electron chi connectivity index (χ1n) is 15.6. The Morgan fingerprint density at radius 3 is 2.72 bits per heavy atom.